The summed E-state index contributed by atoms with van der Waals surface area (Å²) in [4.78, 5) is 13.6. The van der Waals surface area contributed by atoms with Crippen LogP contribution in [0.15, 0.2) is 48.5 Å². The number of nitrogens with zero attached hydrogens (tertiary/aromatic N) is 1. The highest BCUT2D eigenvalue weighted by atomic mass is 19.1. The summed E-state index contributed by atoms with van der Waals surface area (Å²) in [7, 11) is 1.36. The van der Waals surface area contributed by atoms with E-state index >= 15 is 0 Å². The van der Waals surface area contributed by atoms with Crippen LogP contribution in [0, 0.1) is 5.82 Å². The molecule has 0 saturated carbocycles. The fourth-order valence-electron chi connectivity index (χ4n) is 3.85. The Morgan fingerprint density at radius 3 is 2.89 bits per heavy atom. The Morgan fingerprint density at radius 1 is 1.29 bits per heavy atom. The maximum Gasteiger partial charge on any atom is 0.330 e. The van der Waals surface area contributed by atoms with Gasteiger partial charge < -0.3 is 9.84 Å². The zero-order chi connectivity index (χ0) is 19.9. The molecule has 0 heterocycles. The molecule has 0 bridgehead atoms. The monoisotopic (exact) mass is 383 g/mol. The molecule has 2 aromatic rings. The molecule has 1 N–H and O–H groups in total. The number of aliphatic hydroxyl groups is 1. The van der Waals surface area contributed by atoms with Gasteiger partial charge in [-0.2, -0.15) is 0 Å². The summed E-state index contributed by atoms with van der Waals surface area (Å²) in [6.45, 7) is 1.44. The van der Waals surface area contributed by atoms with E-state index in [-0.39, 0.29) is 24.4 Å². The fraction of sp³-hybridized carbons (Fsp3) is 0.348. The first-order valence-corrected chi connectivity index (χ1v) is 9.59. The minimum absolute atomic E-state index is 0.0922. The SMILES string of the molecule is COC(=O)C=Cc1ccc2c(c1)CCC2N(CCO)CCc1cccc(F)c1. The normalized spacial score (nSPS) is 15.9. The van der Waals surface area contributed by atoms with Gasteiger partial charge in [0.15, 0.2) is 0 Å². The molecule has 4 nitrogen and oxygen atoms in total. The molecule has 1 atom stereocenters. The van der Waals surface area contributed by atoms with Gasteiger partial charge in [0.25, 0.3) is 0 Å². The molecule has 1 aliphatic rings. The lowest BCUT2D eigenvalue weighted by Gasteiger charge is -2.29. The minimum Gasteiger partial charge on any atom is -0.466 e. The van der Waals surface area contributed by atoms with Gasteiger partial charge in [0.2, 0.25) is 0 Å². The van der Waals surface area contributed by atoms with Crippen molar-refractivity contribution in [1.29, 1.82) is 0 Å². The van der Waals surface area contributed by atoms with Gasteiger partial charge in [0.05, 0.1) is 13.7 Å². The second-order valence-electron chi connectivity index (χ2n) is 7.01. The number of ether oxygens (including phenoxy) is 1. The molecule has 0 spiro atoms. The molecule has 1 aliphatic carbocycles. The van der Waals surface area contributed by atoms with Crippen LogP contribution in [0.25, 0.3) is 6.08 Å². The van der Waals surface area contributed by atoms with Crippen molar-refractivity contribution in [2.24, 2.45) is 0 Å². The van der Waals surface area contributed by atoms with E-state index in [0.717, 1.165) is 36.9 Å². The van der Waals surface area contributed by atoms with Gasteiger partial charge in [-0.15, -0.1) is 0 Å². The summed E-state index contributed by atoms with van der Waals surface area (Å²) in [6, 6.07) is 13.1. The first-order valence-electron chi connectivity index (χ1n) is 9.59. The van der Waals surface area contributed by atoms with Crippen LogP contribution in [-0.2, 0) is 22.4 Å². The number of benzene rings is 2. The Morgan fingerprint density at radius 2 is 2.14 bits per heavy atom. The molecular formula is C23H26FNO3. The number of aliphatic hydroxyl groups excluding tert-OH is 1. The first kappa shape index (κ1) is 20.2. The average Bonchev–Trinajstić information content (AvgIpc) is 3.12. The molecule has 0 radical (unpaired) electrons. The van der Waals surface area contributed by atoms with E-state index in [4.69, 9.17) is 0 Å². The maximum atomic E-state index is 13.4. The summed E-state index contributed by atoms with van der Waals surface area (Å²) < 4.78 is 18.1. The standard InChI is InChI=1S/C23H26FNO3/c1-28-23(27)10-6-18-5-8-21-19(15-18)7-9-22(21)25(13-14-26)12-11-17-3-2-4-20(24)16-17/h2-6,8,10,15-16,22,26H,7,9,11-14H2,1H3. The van der Waals surface area contributed by atoms with E-state index in [1.165, 1.54) is 30.4 Å². The lowest BCUT2D eigenvalue weighted by Crippen LogP contribution is -2.32. The number of esters is 1. The van der Waals surface area contributed by atoms with E-state index in [2.05, 4.69) is 21.8 Å². The lowest BCUT2D eigenvalue weighted by molar-refractivity contribution is -0.134. The van der Waals surface area contributed by atoms with Crippen LogP contribution in [0.4, 0.5) is 4.39 Å². The second kappa shape index (κ2) is 9.62. The average molecular weight is 383 g/mol. The van der Waals surface area contributed by atoms with Crippen molar-refractivity contribution in [3.63, 3.8) is 0 Å². The third kappa shape index (κ3) is 5.06. The molecule has 2 aromatic carbocycles. The predicted molar refractivity (Wildman–Crippen MR) is 107 cm³/mol. The number of carbonyl (C=O) groups is 1. The number of halogens is 1. The van der Waals surface area contributed by atoms with E-state index in [1.807, 2.05) is 12.1 Å². The van der Waals surface area contributed by atoms with Gasteiger partial charge in [0.1, 0.15) is 5.82 Å². The van der Waals surface area contributed by atoms with Gasteiger partial charge in [-0.3, -0.25) is 4.90 Å². The quantitative estimate of drug-likeness (QED) is 0.560. The molecule has 148 valence electrons. The summed E-state index contributed by atoms with van der Waals surface area (Å²) >= 11 is 0. The Kier molecular flexibility index (Phi) is 6.95. The number of hydrogen-bond acceptors (Lipinski definition) is 4. The van der Waals surface area contributed by atoms with Crippen molar-refractivity contribution >= 4 is 12.0 Å². The van der Waals surface area contributed by atoms with Crippen LogP contribution >= 0.6 is 0 Å². The Hall–Kier alpha value is -2.50. The van der Waals surface area contributed by atoms with Crippen molar-refractivity contribution in [3.05, 3.63) is 76.6 Å². The van der Waals surface area contributed by atoms with E-state index in [0.29, 0.717) is 6.54 Å². The summed E-state index contributed by atoms with van der Waals surface area (Å²) in [5, 5.41) is 9.52. The summed E-state index contributed by atoms with van der Waals surface area (Å²) in [6.07, 6.45) is 5.87. The molecule has 0 aliphatic heterocycles. The molecular weight excluding hydrogens is 357 g/mol. The van der Waals surface area contributed by atoms with Gasteiger partial charge in [-0.25, -0.2) is 9.18 Å². The molecule has 0 amide bonds. The van der Waals surface area contributed by atoms with Crippen molar-refractivity contribution in [1.82, 2.24) is 4.90 Å². The largest absolute Gasteiger partial charge is 0.466 e. The van der Waals surface area contributed by atoms with Crippen LogP contribution in [0.1, 0.15) is 34.7 Å². The topological polar surface area (TPSA) is 49.8 Å². The van der Waals surface area contributed by atoms with E-state index in [9.17, 15) is 14.3 Å². The molecule has 3 rings (SSSR count). The van der Waals surface area contributed by atoms with Crippen LogP contribution in [0.2, 0.25) is 0 Å². The van der Waals surface area contributed by atoms with Crippen LogP contribution in [0.3, 0.4) is 0 Å². The van der Waals surface area contributed by atoms with E-state index in [1.54, 1.807) is 18.2 Å². The third-order valence-electron chi connectivity index (χ3n) is 5.23. The molecule has 0 saturated heterocycles. The van der Waals surface area contributed by atoms with Crippen LogP contribution in [-0.4, -0.2) is 42.8 Å². The zero-order valence-electron chi connectivity index (χ0n) is 16.1. The summed E-state index contributed by atoms with van der Waals surface area (Å²) in [5.41, 5.74) is 4.47. The maximum absolute atomic E-state index is 13.4. The highest BCUT2D eigenvalue weighted by Gasteiger charge is 2.27. The molecule has 0 fully saturated rings. The molecule has 28 heavy (non-hydrogen) atoms. The van der Waals surface area contributed by atoms with Gasteiger partial charge >= 0.3 is 5.97 Å². The highest BCUT2D eigenvalue weighted by molar-refractivity contribution is 5.86. The van der Waals surface area contributed by atoms with Crippen LogP contribution < -0.4 is 0 Å². The number of aryl methyl sites for hydroxylation is 1. The van der Waals surface area contributed by atoms with Crippen molar-refractivity contribution in [3.8, 4) is 0 Å². The van der Waals surface area contributed by atoms with E-state index < -0.39 is 0 Å². The zero-order valence-corrected chi connectivity index (χ0v) is 16.1. The molecule has 0 aromatic heterocycles. The number of carbonyl (C=O) groups excluding carboxylic acids is 1. The minimum atomic E-state index is -0.371. The molecule has 5 heteroatoms. The Balaban J connectivity index is 1.72. The van der Waals surface area contributed by atoms with Gasteiger partial charge in [0, 0.05) is 25.2 Å². The Bertz CT molecular complexity index is 849. The summed E-state index contributed by atoms with van der Waals surface area (Å²) in [5.74, 6) is -0.588. The predicted octanol–water partition coefficient (Wildman–Crippen LogP) is 3.54. The van der Waals surface area contributed by atoms with Gasteiger partial charge in [-0.05, 0) is 59.7 Å². The number of methoxy groups -OCH3 is 1. The second-order valence-corrected chi connectivity index (χ2v) is 7.01. The van der Waals surface area contributed by atoms with Crippen LogP contribution in [0.5, 0.6) is 0 Å². The smallest absolute Gasteiger partial charge is 0.330 e. The number of fused-ring (bicyclic) bond motifs is 1. The fourth-order valence-corrected chi connectivity index (χ4v) is 3.85. The van der Waals surface area contributed by atoms with Crippen molar-refractivity contribution < 1.29 is 19.0 Å². The van der Waals surface area contributed by atoms with Crippen molar-refractivity contribution in [2.45, 2.75) is 25.3 Å². The lowest BCUT2D eigenvalue weighted by atomic mass is 10.0. The molecule has 1 unspecified atom stereocenters. The first-order chi connectivity index (χ1) is 13.6. The third-order valence-corrected chi connectivity index (χ3v) is 5.23. The number of rotatable bonds is 8. The van der Waals surface area contributed by atoms with Crippen molar-refractivity contribution in [2.75, 3.05) is 26.8 Å². The number of hydrogen-bond donors (Lipinski definition) is 1. The highest BCUT2D eigenvalue weighted by Crippen LogP contribution is 2.36. The van der Waals surface area contributed by atoms with Gasteiger partial charge in [-0.1, -0.05) is 30.3 Å². The Labute approximate surface area is 165 Å².